The fourth-order valence-electron chi connectivity index (χ4n) is 7.53. The number of hydrogen-bond donors (Lipinski definition) is 0. The number of para-hydroxylation sites is 3. The summed E-state index contributed by atoms with van der Waals surface area (Å²) in [5.41, 5.74) is 11.4. The van der Waals surface area contributed by atoms with Gasteiger partial charge in [0.25, 0.3) is 0 Å². The molecule has 0 aliphatic heterocycles. The third-order valence-corrected chi connectivity index (χ3v) is 11.0. The van der Waals surface area contributed by atoms with Gasteiger partial charge in [-0.15, -0.1) is 11.3 Å². The second-order valence-electron chi connectivity index (χ2n) is 12.8. The summed E-state index contributed by atoms with van der Waals surface area (Å²) in [4.78, 5) is 7.40. The highest BCUT2D eigenvalue weighted by atomic mass is 32.1. The Hall–Kier alpha value is -6.49. The van der Waals surface area contributed by atoms with E-state index >= 15 is 0 Å². The van der Waals surface area contributed by atoms with E-state index in [2.05, 4.69) is 191 Å². The van der Waals surface area contributed by atoms with Crippen LogP contribution in [0.4, 0.5) is 17.1 Å². The summed E-state index contributed by atoms with van der Waals surface area (Å²) in [6, 6.07) is 67.3. The Labute approximate surface area is 299 Å². The van der Waals surface area contributed by atoms with E-state index in [1.807, 2.05) is 6.07 Å². The van der Waals surface area contributed by atoms with Crippen LogP contribution in [0.25, 0.3) is 70.2 Å². The number of aromatic nitrogens is 2. The number of benzene rings is 8. The molecule has 2 aromatic heterocycles. The molecule has 0 aliphatic rings. The summed E-state index contributed by atoms with van der Waals surface area (Å²) in [6.07, 6.45) is 0. The van der Waals surface area contributed by atoms with E-state index in [0.29, 0.717) is 0 Å². The monoisotopic (exact) mass is 669 g/mol. The molecule has 0 atom stereocenters. The predicted molar refractivity (Wildman–Crippen MR) is 217 cm³/mol. The minimum atomic E-state index is 1.03. The molecule has 0 unspecified atom stereocenters. The molecule has 0 fully saturated rings. The zero-order chi connectivity index (χ0) is 33.7. The molecule has 8 aromatic carbocycles. The van der Waals surface area contributed by atoms with Crippen LogP contribution < -0.4 is 4.90 Å². The topological polar surface area (TPSA) is 21.1 Å². The quantitative estimate of drug-likeness (QED) is 0.176. The first-order chi connectivity index (χ1) is 25.3. The molecule has 0 amide bonds. The minimum Gasteiger partial charge on any atom is -0.310 e. The van der Waals surface area contributed by atoms with Crippen molar-refractivity contribution < 1.29 is 0 Å². The molecule has 0 saturated carbocycles. The van der Waals surface area contributed by atoms with Crippen molar-refractivity contribution in [2.24, 2.45) is 0 Å². The molecule has 2 heterocycles. The van der Waals surface area contributed by atoms with Gasteiger partial charge in [0.15, 0.2) is 0 Å². The van der Waals surface area contributed by atoms with E-state index < -0.39 is 0 Å². The zero-order valence-corrected chi connectivity index (χ0v) is 28.5. The SMILES string of the molecule is c1ccc(-c2nc3cccc(-c4ccc(N(c5ccccc5)c5cc6c(c7ccccc57)c5ccccc5n6-c5ccccc5)cc4)c3s2)cc1. The van der Waals surface area contributed by atoms with Crippen LogP contribution >= 0.6 is 11.3 Å². The van der Waals surface area contributed by atoms with Crippen LogP contribution in [0.15, 0.2) is 188 Å². The summed E-state index contributed by atoms with van der Waals surface area (Å²) >= 11 is 1.76. The third kappa shape index (κ3) is 4.91. The van der Waals surface area contributed by atoms with E-state index in [1.165, 1.54) is 48.4 Å². The summed E-state index contributed by atoms with van der Waals surface area (Å²) in [7, 11) is 0. The van der Waals surface area contributed by atoms with E-state index in [-0.39, 0.29) is 0 Å². The predicted octanol–water partition coefficient (Wildman–Crippen LogP) is 13.4. The van der Waals surface area contributed by atoms with Gasteiger partial charge < -0.3 is 9.47 Å². The van der Waals surface area contributed by atoms with Gasteiger partial charge in [0.1, 0.15) is 5.01 Å². The Morgan fingerprint density at radius 2 is 1.10 bits per heavy atom. The van der Waals surface area contributed by atoms with Crippen LogP contribution in [0, 0.1) is 0 Å². The van der Waals surface area contributed by atoms with Gasteiger partial charge in [0.2, 0.25) is 0 Å². The number of nitrogens with zero attached hydrogens (tertiary/aromatic N) is 3. The molecule has 0 bridgehead atoms. The van der Waals surface area contributed by atoms with Crippen molar-refractivity contribution in [2.75, 3.05) is 4.90 Å². The van der Waals surface area contributed by atoms with Crippen LogP contribution in [-0.2, 0) is 0 Å². The zero-order valence-electron chi connectivity index (χ0n) is 27.6. The van der Waals surface area contributed by atoms with Crippen molar-refractivity contribution in [3.05, 3.63) is 188 Å². The second kappa shape index (κ2) is 12.1. The number of rotatable bonds is 6. The van der Waals surface area contributed by atoms with Gasteiger partial charge in [0, 0.05) is 44.3 Å². The molecular formula is C47H31N3S. The van der Waals surface area contributed by atoms with Crippen LogP contribution in [0.3, 0.4) is 0 Å². The number of anilines is 3. The lowest BCUT2D eigenvalue weighted by atomic mass is 10.00. The van der Waals surface area contributed by atoms with Gasteiger partial charge in [-0.3, -0.25) is 0 Å². The Kier molecular flexibility index (Phi) is 7.00. The Bertz CT molecular complexity index is 2840. The van der Waals surface area contributed by atoms with Crippen molar-refractivity contribution >= 4 is 71.2 Å². The van der Waals surface area contributed by atoms with Gasteiger partial charge in [0.05, 0.1) is 26.9 Å². The van der Waals surface area contributed by atoms with Gasteiger partial charge in [-0.05, 0) is 65.5 Å². The fourth-order valence-corrected chi connectivity index (χ4v) is 8.63. The summed E-state index contributed by atoms with van der Waals surface area (Å²) in [5.74, 6) is 0. The smallest absolute Gasteiger partial charge is 0.124 e. The third-order valence-electron chi connectivity index (χ3n) is 9.80. The molecular weight excluding hydrogens is 639 g/mol. The molecule has 3 nitrogen and oxygen atoms in total. The molecule has 0 saturated heterocycles. The highest BCUT2D eigenvalue weighted by Crippen LogP contribution is 2.46. The van der Waals surface area contributed by atoms with E-state index in [9.17, 15) is 0 Å². The lowest BCUT2D eigenvalue weighted by molar-refractivity contribution is 1.18. The van der Waals surface area contributed by atoms with Crippen LogP contribution in [-0.4, -0.2) is 9.55 Å². The maximum absolute atomic E-state index is 5.00. The highest BCUT2D eigenvalue weighted by Gasteiger charge is 2.22. The molecule has 10 aromatic rings. The van der Waals surface area contributed by atoms with Crippen molar-refractivity contribution in [2.45, 2.75) is 0 Å². The minimum absolute atomic E-state index is 1.03. The van der Waals surface area contributed by atoms with Gasteiger partial charge in [-0.2, -0.15) is 0 Å². The van der Waals surface area contributed by atoms with Crippen molar-refractivity contribution in [1.29, 1.82) is 0 Å². The maximum Gasteiger partial charge on any atom is 0.124 e. The molecule has 10 rings (SSSR count). The van der Waals surface area contributed by atoms with Crippen LogP contribution in [0.5, 0.6) is 0 Å². The molecule has 0 radical (unpaired) electrons. The molecule has 0 aliphatic carbocycles. The number of fused-ring (bicyclic) bond motifs is 6. The molecule has 240 valence electrons. The molecule has 51 heavy (non-hydrogen) atoms. The van der Waals surface area contributed by atoms with Gasteiger partial charge >= 0.3 is 0 Å². The molecule has 4 heteroatoms. The molecule has 0 spiro atoms. The summed E-state index contributed by atoms with van der Waals surface area (Å²) in [6.45, 7) is 0. The lowest BCUT2D eigenvalue weighted by Gasteiger charge is -2.27. The summed E-state index contributed by atoms with van der Waals surface area (Å²) < 4.78 is 3.61. The van der Waals surface area contributed by atoms with Crippen LogP contribution in [0.1, 0.15) is 0 Å². The first-order valence-corrected chi connectivity index (χ1v) is 18.0. The lowest BCUT2D eigenvalue weighted by Crippen LogP contribution is -2.10. The highest BCUT2D eigenvalue weighted by molar-refractivity contribution is 7.22. The maximum atomic E-state index is 5.00. The van der Waals surface area contributed by atoms with Crippen molar-refractivity contribution in [1.82, 2.24) is 9.55 Å². The Balaban J connectivity index is 1.18. The van der Waals surface area contributed by atoms with Crippen molar-refractivity contribution in [3.8, 4) is 27.4 Å². The normalized spacial score (nSPS) is 11.5. The van der Waals surface area contributed by atoms with E-state index in [1.54, 1.807) is 11.3 Å². The van der Waals surface area contributed by atoms with Crippen LogP contribution in [0.2, 0.25) is 0 Å². The largest absolute Gasteiger partial charge is 0.310 e. The average molecular weight is 670 g/mol. The fraction of sp³-hybridized carbons (Fsp3) is 0. The Morgan fingerprint density at radius 1 is 0.471 bits per heavy atom. The number of hydrogen-bond acceptors (Lipinski definition) is 3. The van der Waals surface area contributed by atoms with E-state index in [4.69, 9.17) is 4.98 Å². The summed E-state index contributed by atoms with van der Waals surface area (Å²) in [5, 5.41) is 6.00. The number of thiazole rings is 1. The average Bonchev–Trinajstić information content (AvgIpc) is 3.79. The van der Waals surface area contributed by atoms with Crippen molar-refractivity contribution in [3.63, 3.8) is 0 Å². The van der Waals surface area contributed by atoms with Gasteiger partial charge in [-0.25, -0.2) is 4.98 Å². The van der Waals surface area contributed by atoms with E-state index in [0.717, 1.165) is 38.8 Å². The first kappa shape index (κ1) is 29.4. The standard InChI is InChI=1S/C47H31N3S/c1-4-15-33(16-5-1)47-48-41-25-14-24-37(46(41)51-47)32-27-29-36(30-28-32)49(34-17-6-2-7-18-34)43-31-44-45(39-22-11-10-21-38(39)43)40-23-12-13-26-42(40)50(44)35-19-8-3-9-20-35/h1-31H. The first-order valence-electron chi connectivity index (χ1n) is 17.2. The Morgan fingerprint density at radius 3 is 1.86 bits per heavy atom. The molecule has 0 N–H and O–H groups in total. The van der Waals surface area contributed by atoms with Gasteiger partial charge in [-0.1, -0.05) is 133 Å². The second-order valence-corrected chi connectivity index (χ2v) is 13.8.